The van der Waals surface area contributed by atoms with E-state index in [0.29, 0.717) is 11.4 Å². The predicted octanol–water partition coefficient (Wildman–Crippen LogP) is 3.19. The highest BCUT2D eigenvalue weighted by Crippen LogP contribution is 2.17. The van der Waals surface area contributed by atoms with Crippen LogP contribution in [0.4, 0.5) is 5.82 Å². The summed E-state index contributed by atoms with van der Waals surface area (Å²) in [6, 6.07) is 13.0. The first kappa shape index (κ1) is 12.3. The summed E-state index contributed by atoms with van der Waals surface area (Å²) >= 11 is 0. The molecule has 0 unspecified atom stereocenters. The summed E-state index contributed by atoms with van der Waals surface area (Å²) in [5.41, 5.74) is 2.45. The second-order valence-corrected chi connectivity index (χ2v) is 4.55. The Morgan fingerprint density at radius 3 is 2.70 bits per heavy atom. The molecule has 0 aliphatic carbocycles. The largest absolute Gasteiger partial charge is 0.307 e. The summed E-state index contributed by atoms with van der Waals surface area (Å²) in [4.78, 5) is 20.7. The third-order valence-electron chi connectivity index (χ3n) is 3.05. The van der Waals surface area contributed by atoms with Gasteiger partial charge in [0, 0.05) is 17.8 Å². The highest BCUT2D eigenvalue weighted by molar-refractivity contribution is 6.11. The van der Waals surface area contributed by atoms with Crippen molar-refractivity contribution in [1.29, 1.82) is 0 Å². The number of aromatic nitrogens is 2. The zero-order valence-electron chi connectivity index (χ0n) is 11.0. The lowest BCUT2D eigenvalue weighted by atomic mass is 10.1. The molecule has 4 nitrogen and oxygen atoms in total. The molecule has 20 heavy (non-hydrogen) atoms. The highest BCUT2D eigenvalue weighted by atomic mass is 16.1. The Bertz CT molecular complexity index is 778. The van der Waals surface area contributed by atoms with Crippen molar-refractivity contribution in [1.82, 2.24) is 9.97 Å². The van der Waals surface area contributed by atoms with Gasteiger partial charge < -0.3 is 5.32 Å². The van der Waals surface area contributed by atoms with E-state index < -0.39 is 0 Å². The minimum atomic E-state index is -0.179. The molecular weight excluding hydrogens is 250 g/mol. The lowest BCUT2D eigenvalue weighted by Crippen LogP contribution is -2.13. The van der Waals surface area contributed by atoms with E-state index in [1.54, 1.807) is 18.5 Å². The number of carbonyl (C=O) groups is 1. The molecule has 0 saturated heterocycles. The first-order valence-electron chi connectivity index (χ1n) is 6.32. The Labute approximate surface area is 116 Å². The molecule has 1 amide bonds. The van der Waals surface area contributed by atoms with Crippen LogP contribution in [0, 0.1) is 6.92 Å². The number of pyridine rings is 2. The van der Waals surface area contributed by atoms with Crippen molar-refractivity contribution in [2.45, 2.75) is 6.92 Å². The van der Waals surface area contributed by atoms with Crippen molar-refractivity contribution in [3.8, 4) is 0 Å². The molecule has 0 bridgehead atoms. The van der Waals surface area contributed by atoms with Gasteiger partial charge in [0.05, 0.1) is 11.1 Å². The van der Waals surface area contributed by atoms with E-state index in [9.17, 15) is 4.79 Å². The SMILES string of the molecule is Cc1ccnc(NC(=O)c2ccnc3ccccc23)c1. The molecule has 1 aromatic carbocycles. The smallest absolute Gasteiger partial charge is 0.257 e. The van der Waals surface area contributed by atoms with E-state index in [2.05, 4.69) is 15.3 Å². The number of nitrogens with one attached hydrogen (secondary N) is 1. The van der Waals surface area contributed by atoms with Gasteiger partial charge in [0.25, 0.3) is 5.91 Å². The van der Waals surface area contributed by atoms with Gasteiger partial charge in [-0.15, -0.1) is 0 Å². The van der Waals surface area contributed by atoms with Crippen molar-refractivity contribution >= 4 is 22.6 Å². The molecule has 0 aliphatic heterocycles. The van der Waals surface area contributed by atoms with Gasteiger partial charge >= 0.3 is 0 Å². The van der Waals surface area contributed by atoms with Gasteiger partial charge in [-0.25, -0.2) is 4.98 Å². The first-order valence-corrected chi connectivity index (χ1v) is 6.32. The Hall–Kier alpha value is -2.75. The van der Waals surface area contributed by atoms with Crippen molar-refractivity contribution in [2.75, 3.05) is 5.32 Å². The summed E-state index contributed by atoms with van der Waals surface area (Å²) in [7, 11) is 0. The highest BCUT2D eigenvalue weighted by Gasteiger charge is 2.10. The maximum atomic E-state index is 12.4. The van der Waals surface area contributed by atoms with E-state index in [-0.39, 0.29) is 5.91 Å². The van der Waals surface area contributed by atoms with Crippen LogP contribution in [0.5, 0.6) is 0 Å². The number of rotatable bonds is 2. The Morgan fingerprint density at radius 1 is 1.05 bits per heavy atom. The van der Waals surface area contributed by atoms with Gasteiger partial charge in [-0.2, -0.15) is 0 Å². The van der Waals surface area contributed by atoms with E-state index in [4.69, 9.17) is 0 Å². The summed E-state index contributed by atoms with van der Waals surface area (Å²) in [6.45, 7) is 1.96. The van der Waals surface area contributed by atoms with E-state index in [0.717, 1.165) is 16.5 Å². The third kappa shape index (κ3) is 2.36. The number of nitrogens with zero attached hydrogens (tertiary/aromatic N) is 2. The van der Waals surface area contributed by atoms with Gasteiger partial charge in [-0.1, -0.05) is 18.2 Å². The normalized spacial score (nSPS) is 10.4. The van der Waals surface area contributed by atoms with Crippen LogP contribution in [0.25, 0.3) is 10.9 Å². The number of hydrogen-bond acceptors (Lipinski definition) is 3. The molecule has 0 aliphatic rings. The number of hydrogen-bond donors (Lipinski definition) is 1. The number of carbonyl (C=O) groups excluding carboxylic acids is 1. The molecular formula is C16H13N3O. The lowest BCUT2D eigenvalue weighted by Gasteiger charge is -2.07. The van der Waals surface area contributed by atoms with Crippen LogP contribution in [-0.2, 0) is 0 Å². The molecule has 98 valence electrons. The van der Waals surface area contributed by atoms with Gasteiger partial charge in [0.15, 0.2) is 0 Å². The molecule has 0 saturated carbocycles. The van der Waals surface area contributed by atoms with Crippen molar-refractivity contribution in [3.05, 3.63) is 66.0 Å². The third-order valence-corrected chi connectivity index (χ3v) is 3.05. The van der Waals surface area contributed by atoms with Crippen molar-refractivity contribution in [3.63, 3.8) is 0 Å². The molecule has 3 rings (SSSR count). The monoisotopic (exact) mass is 263 g/mol. The number of para-hydroxylation sites is 1. The first-order chi connectivity index (χ1) is 9.74. The summed E-state index contributed by atoms with van der Waals surface area (Å²) in [6.07, 6.45) is 3.32. The molecule has 2 heterocycles. The van der Waals surface area contributed by atoms with Gasteiger partial charge in [0.2, 0.25) is 0 Å². The molecule has 2 aromatic heterocycles. The molecule has 0 atom stereocenters. The van der Waals surface area contributed by atoms with E-state index in [1.165, 1.54) is 0 Å². The standard InChI is InChI=1S/C16H13N3O/c1-11-6-8-18-15(10-11)19-16(20)13-7-9-17-14-5-3-2-4-12(13)14/h2-10H,1H3,(H,18,19,20). The van der Waals surface area contributed by atoms with Gasteiger partial charge in [-0.05, 0) is 36.8 Å². The fourth-order valence-corrected chi connectivity index (χ4v) is 2.08. The average Bonchev–Trinajstić information content (AvgIpc) is 2.46. The number of benzene rings is 1. The Balaban J connectivity index is 1.97. The molecule has 4 heteroatoms. The predicted molar refractivity (Wildman–Crippen MR) is 78.7 cm³/mol. The molecule has 0 fully saturated rings. The molecule has 0 radical (unpaired) electrons. The van der Waals surface area contributed by atoms with E-state index in [1.807, 2.05) is 43.3 Å². The fraction of sp³-hybridized carbons (Fsp3) is 0.0625. The van der Waals surface area contributed by atoms with Crippen LogP contribution in [0.15, 0.2) is 54.9 Å². The molecule has 3 aromatic rings. The number of aryl methyl sites for hydroxylation is 1. The zero-order valence-corrected chi connectivity index (χ0v) is 11.0. The summed E-state index contributed by atoms with van der Waals surface area (Å²) < 4.78 is 0. The second kappa shape index (κ2) is 5.09. The van der Waals surface area contributed by atoms with Crippen molar-refractivity contribution < 1.29 is 4.79 Å². The maximum absolute atomic E-state index is 12.4. The van der Waals surface area contributed by atoms with Gasteiger partial charge in [-0.3, -0.25) is 9.78 Å². The van der Waals surface area contributed by atoms with E-state index >= 15 is 0 Å². The lowest BCUT2D eigenvalue weighted by molar-refractivity contribution is 0.102. The van der Waals surface area contributed by atoms with Crippen LogP contribution in [-0.4, -0.2) is 15.9 Å². The minimum absolute atomic E-state index is 0.179. The topological polar surface area (TPSA) is 54.9 Å². The molecule has 1 N–H and O–H groups in total. The zero-order chi connectivity index (χ0) is 13.9. The number of amides is 1. The van der Waals surface area contributed by atoms with Crippen LogP contribution in [0.3, 0.4) is 0 Å². The van der Waals surface area contributed by atoms with Crippen LogP contribution in [0.2, 0.25) is 0 Å². The Morgan fingerprint density at radius 2 is 1.85 bits per heavy atom. The summed E-state index contributed by atoms with van der Waals surface area (Å²) in [5, 5.41) is 3.65. The Kier molecular flexibility index (Phi) is 3.13. The van der Waals surface area contributed by atoms with Crippen molar-refractivity contribution in [2.24, 2.45) is 0 Å². The maximum Gasteiger partial charge on any atom is 0.257 e. The second-order valence-electron chi connectivity index (χ2n) is 4.55. The summed E-state index contributed by atoms with van der Waals surface area (Å²) in [5.74, 6) is 0.373. The van der Waals surface area contributed by atoms with Crippen LogP contribution < -0.4 is 5.32 Å². The molecule has 0 spiro atoms. The minimum Gasteiger partial charge on any atom is -0.307 e. The number of fused-ring (bicyclic) bond motifs is 1. The fourth-order valence-electron chi connectivity index (χ4n) is 2.08. The number of anilines is 1. The average molecular weight is 263 g/mol. The van der Waals surface area contributed by atoms with Crippen LogP contribution >= 0.6 is 0 Å². The van der Waals surface area contributed by atoms with Crippen LogP contribution in [0.1, 0.15) is 15.9 Å². The quantitative estimate of drug-likeness (QED) is 0.772. The van der Waals surface area contributed by atoms with Gasteiger partial charge in [0.1, 0.15) is 5.82 Å².